The topological polar surface area (TPSA) is 78.0 Å². The molecule has 202 valence electrons. The molecule has 0 amide bonds. The van der Waals surface area contributed by atoms with Crippen LogP contribution < -0.4 is 16.4 Å². The van der Waals surface area contributed by atoms with Gasteiger partial charge in [0.1, 0.15) is 11.7 Å². The number of amidine groups is 1. The average molecular weight is 513 g/mol. The van der Waals surface area contributed by atoms with Crippen LogP contribution in [0.4, 0.5) is 5.69 Å². The number of fused-ring (bicyclic) bond motifs is 1. The molecule has 0 bridgehead atoms. The Balaban J connectivity index is 2.08. The minimum Gasteiger partial charge on any atom is -0.377 e. The highest BCUT2D eigenvalue weighted by Crippen LogP contribution is 2.24. The fourth-order valence-corrected chi connectivity index (χ4v) is 3.84. The Morgan fingerprint density at radius 1 is 1.24 bits per heavy atom. The molecule has 0 aromatic heterocycles. The molecular formula is C32H44N6. The number of hydrogen-bond donors (Lipinski definition) is 3. The van der Waals surface area contributed by atoms with Crippen LogP contribution in [0.1, 0.15) is 52.2 Å². The Hall–Kier alpha value is -3.90. The summed E-state index contributed by atoms with van der Waals surface area (Å²) in [5, 5.41) is 6.74. The van der Waals surface area contributed by atoms with Crippen molar-refractivity contribution in [2.24, 2.45) is 15.7 Å². The smallest absolute Gasteiger partial charge is 0.138 e. The lowest BCUT2D eigenvalue weighted by Gasteiger charge is -2.21. The van der Waals surface area contributed by atoms with Gasteiger partial charge in [0.2, 0.25) is 0 Å². The third kappa shape index (κ3) is 9.20. The van der Waals surface area contributed by atoms with Crippen LogP contribution in [0.5, 0.6) is 0 Å². The van der Waals surface area contributed by atoms with Gasteiger partial charge in [0.25, 0.3) is 0 Å². The standard InChI is InChI=1S/C32H44N6/c1-10-22(3)32(37-27(8)36-30-19-18-28-16-13-17-29(28)20-30)38(9)21-34-25(6)26(7)35-31(11-2)23(4)14-12-15-24(5)33/h10,12-15,17-21,24,31,35-36H,6-8,11,16,33H2,1-5,9H3/b15-12-,22-10-,23-14+,34-21-,37-32+. The van der Waals surface area contributed by atoms with Crippen LogP contribution in [0.2, 0.25) is 0 Å². The SMILES string of the molecule is C=C(/N=C(\C(C)=C/C)N(C)/C=N\C(=C)C(=C)NC(CC)/C(C)=C/C=C\C(C)N)Nc1ccc2c(c1)C=CC2. The lowest BCUT2D eigenvalue weighted by Crippen LogP contribution is -2.29. The summed E-state index contributed by atoms with van der Waals surface area (Å²) < 4.78 is 0. The van der Waals surface area contributed by atoms with E-state index < -0.39 is 0 Å². The van der Waals surface area contributed by atoms with E-state index in [0.29, 0.717) is 17.2 Å². The molecule has 0 heterocycles. The molecule has 38 heavy (non-hydrogen) atoms. The fraction of sp³-hybridized carbons (Fsp3) is 0.312. The number of hydrogen-bond acceptors (Lipinski definition) is 5. The lowest BCUT2D eigenvalue weighted by atomic mass is 10.1. The van der Waals surface area contributed by atoms with E-state index in [0.717, 1.165) is 29.9 Å². The lowest BCUT2D eigenvalue weighted by molar-refractivity contribution is 0.623. The minimum absolute atomic E-state index is 0.0251. The number of benzene rings is 1. The highest BCUT2D eigenvalue weighted by atomic mass is 15.2. The first-order valence-corrected chi connectivity index (χ1v) is 13.0. The number of anilines is 1. The highest BCUT2D eigenvalue weighted by molar-refractivity contribution is 6.04. The van der Waals surface area contributed by atoms with Gasteiger partial charge >= 0.3 is 0 Å². The molecule has 0 saturated heterocycles. The Morgan fingerprint density at radius 3 is 2.63 bits per heavy atom. The van der Waals surface area contributed by atoms with E-state index in [1.165, 1.54) is 16.7 Å². The largest absolute Gasteiger partial charge is 0.377 e. The second kappa shape index (κ2) is 14.7. The molecule has 0 radical (unpaired) electrons. The minimum atomic E-state index is 0.0251. The summed E-state index contributed by atoms with van der Waals surface area (Å²) in [5.41, 5.74) is 12.7. The third-order valence-corrected chi connectivity index (χ3v) is 6.25. The second-order valence-corrected chi connectivity index (χ2v) is 9.54. The van der Waals surface area contributed by atoms with E-state index in [2.05, 4.69) is 85.6 Å². The van der Waals surface area contributed by atoms with Crippen molar-refractivity contribution in [2.75, 3.05) is 12.4 Å². The quantitative estimate of drug-likeness (QED) is 0.156. The molecule has 1 aliphatic carbocycles. The first kappa shape index (κ1) is 30.3. The number of nitrogens with two attached hydrogens (primary N) is 1. The van der Waals surface area contributed by atoms with E-state index in [-0.39, 0.29) is 12.1 Å². The highest BCUT2D eigenvalue weighted by Gasteiger charge is 2.12. The maximum atomic E-state index is 5.79. The molecule has 6 heteroatoms. The number of allylic oxidation sites excluding steroid dienone is 4. The summed E-state index contributed by atoms with van der Waals surface area (Å²) in [6.45, 7) is 22.5. The summed E-state index contributed by atoms with van der Waals surface area (Å²) in [4.78, 5) is 11.2. The van der Waals surface area contributed by atoms with Gasteiger partial charge in [-0.05, 0) is 69.4 Å². The zero-order valence-corrected chi connectivity index (χ0v) is 23.9. The van der Waals surface area contributed by atoms with Gasteiger partial charge in [-0.25, -0.2) is 9.98 Å². The van der Waals surface area contributed by atoms with E-state index in [1.54, 1.807) is 6.34 Å². The van der Waals surface area contributed by atoms with Crippen molar-refractivity contribution >= 4 is 23.9 Å². The molecule has 0 fully saturated rings. The average Bonchev–Trinajstić information content (AvgIpc) is 3.35. The second-order valence-electron chi connectivity index (χ2n) is 9.54. The predicted octanol–water partition coefficient (Wildman–Crippen LogP) is 6.71. The summed E-state index contributed by atoms with van der Waals surface area (Å²) >= 11 is 0. The number of nitrogens with one attached hydrogen (secondary N) is 2. The van der Waals surface area contributed by atoms with Gasteiger partial charge in [-0.1, -0.05) is 74.8 Å². The van der Waals surface area contributed by atoms with Crippen LogP contribution in [0.3, 0.4) is 0 Å². The van der Waals surface area contributed by atoms with Gasteiger partial charge < -0.3 is 21.3 Å². The zero-order chi connectivity index (χ0) is 28.2. The van der Waals surface area contributed by atoms with Crippen LogP contribution in [-0.2, 0) is 6.42 Å². The molecule has 6 nitrogen and oxygen atoms in total. The van der Waals surface area contributed by atoms with Crippen molar-refractivity contribution in [3.05, 3.63) is 108 Å². The van der Waals surface area contributed by atoms with Crippen molar-refractivity contribution in [3.63, 3.8) is 0 Å². The molecule has 0 aliphatic heterocycles. The predicted molar refractivity (Wildman–Crippen MR) is 167 cm³/mol. The number of nitrogens with zero attached hydrogens (tertiary/aromatic N) is 3. The van der Waals surface area contributed by atoms with Gasteiger partial charge in [0, 0.05) is 24.8 Å². The van der Waals surface area contributed by atoms with E-state index >= 15 is 0 Å². The molecule has 1 aromatic rings. The van der Waals surface area contributed by atoms with Crippen LogP contribution in [0, 0.1) is 0 Å². The Labute approximate surface area is 229 Å². The molecule has 2 rings (SSSR count). The number of likely N-dealkylation sites (N-methyl/N-ethyl adjacent to an activating group) is 1. The van der Waals surface area contributed by atoms with Crippen molar-refractivity contribution in [2.45, 2.75) is 59.5 Å². The molecule has 2 unspecified atom stereocenters. The van der Waals surface area contributed by atoms with Crippen molar-refractivity contribution < 1.29 is 0 Å². The molecule has 2 atom stereocenters. The van der Waals surface area contributed by atoms with E-state index in [1.807, 2.05) is 50.9 Å². The summed E-state index contributed by atoms with van der Waals surface area (Å²) in [7, 11) is 1.90. The normalized spacial score (nSPS) is 15.5. The van der Waals surface area contributed by atoms with Crippen LogP contribution in [-0.4, -0.2) is 36.2 Å². The number of aliphatic imine (C=N–C) groups is 2. The first-order chi connectivity index (χ1) is 18.0. The van der Waals surface area contributed by atoms with Crippen molar-refractivity contribution in [1.82, 2.24) is 10.2 Å². The summed E-state index contributed by atoms with van der Waals surface area (Å²) in [6.07, 6.45) is 15.9. The molecular weight excluding hydrogens is 468 g/mol. The Bertz CT molecular complexity index is 1210. The maximum Gasteiger partial charge on any atom is 0.138 e. The molecule has 0 spiro atoms. The summed E-state index contributed by atoms with van der Waals surface area (Å²) in [5.74, 6) is 1.27. The molecule has 1 aromatic carbocycles. The van der Waals surface area contributed by atoms with Gasteiger partial charge in [0.15, 0.2) is 0 Å². The van der Waals surface area contributed by atoms with Crippen molar-refractivity contribution in [1.29, 1.82) is 0 Å². The fourth-order valence-electron chi connectivity index (χ4n) is 3.84. The first-order valence-electron chi connectivity index (χ1n) is 13.0. The molecule has 4 N–H and O–H groups in total. The van der Waals surface area contributed by atoms with Gasteiger partial charge in [-0.2, -0.15) is 0 Å². The number of rotatable bonds is 13. The third-order valence-electron chi connectivity index (χ3n) is 6.25. The molecule has 0 saturated carbocycles. The van der Waals surface area contributed by atoms with Gasteiger partial charge in [-0.15, -0.1) is 0 Å². The van der Waals surface area contributed by atoms with E-state index in [9.17, 15) is 0 Å². The van der Waals surface area contributed by atoms with Gasteiger partial charge in [-0.3, -0.25) is 0 Å². The van der Waals surface area contributed by atoms with Crippen LogP contribution in [0.25, 0.3) is 6.08 Å². The zero-order valence-electron chi connectivity index (χ0n) is 23.9. The monoisotopic (exact) mass is 512 g/mol. The van der Waals surface area contributed by atoms with Crippen LogP contribution in [0.15, 0.2) is 107 Å². The van der Waals surface area contributed by atoms with Crippen molar-refractivity contribution in [3.8, 4) is 0 Å². The Kier molecular flexibility index (Phi) is 11.8. The van der Waals surface area contributed by atoms with Gasteiger partial charge in [0.05, 0.1) is 17.7 Å². The molecule has 1 aliphatic rings. The maximum absolute atomic E-state index is 5.79. The Morgan fingerprint density at radius 2 is 1.97 bits per heavy atom. The van der Waals surface area contributed by atoms with Crippen LogP contribution >= 0.6 is 0 Å². The van der Waals surface area contributed by atoms with E-state index in [4.69, 9.17) is 10.7 Å². The summed E-state index contributed by atoms with van der Waals surface area (Å²) in [6, 6.07) is 6.45.